The lowest BCUT2D eigenvalue weighted by atomic mass is 10.1. The molecule has 0 amide bonds. The lowest BCUT2D eigenvalue weighted by Gasteiger charge is -2.23. The highest BCUT2D eigenvalue weighted by Gasteiger charge is 2.18. The number of nitrogens with one attached hydrogen (secondary N) is 2. The predicted octanol–water partition coefficient (Wildman–Crippen LogP) is 4.48. The van der Waals surface area contributed by atoms with Crippen molar-refractivity contribution in [1.29, 1.82) is 0 Å². The van der Waals surface area contributed by atoms with Crippen molar-refractivity contribution in [2.45, 2.75) is 31.8 Å². The fourth-order valence-corrected chi connectivity index (χ4v) is 5.46. The van der Waals surface area contributed by atoms with Gasteiger partial charge in [0.15, 0.2) is 5.13 Å². The number of hydrogen-bond donors (Lipinski definition) is 2. The van der Waals surface area contributed by atoms with E-state index in [9.17, 15) is 0 Å². The second-order valence-corrected chi connectivity index (χ2v) is 9.34. The fraction of sp³-hybridized carbons (Fsp3) is 0.375. The zero-order valence-electron chi connectivity index (χ0n) is 17.9. The van der Waals surface area contributed by atoms with Gasteiger partial charge in [-0.25, -0.2) is 9.97 Å². The Bertz CT molecular complexity index is 1220. The van der Waals surface area contributed by atoms with E-state index in [1.54, 1.807) is 23.7 Å². The quantitative estimate of drug-likeness (QED) is 0.471. The average molecular weight is 447 g/mol. The van der Waals surface area contributed by atoms with Crippen LogP contribution in [0.15, 0.2) is 42.2 Å². The van der Waals surface area contributed by atoms with E-state index in [1.165, 1.54) is 12.8 Å². The number of ether oxygens (including phenoxy) is 1. The van der Waals surface area contributed by atoms with Crippen molar-refractivity contribution in [2.24, 2.45) is 0 Å². The number of aromatic nitrogens is 4. The van der Waals surface area contributed by atoms with Crippen LogP contribution in [-0.2, 0) is 0 Å². The molecule has 1 atom stereocenters. The molecule has 6 rings (SSSR count). The molecule has 7 nitrogen and oxygen atoms in total. The molecule has 0 unspecified atom stereocenters. The summed E-state index contributed by atoms with van der Waals surface area (Å²) in [6.07, 6.45) is 10.3. The van der Waals surface area contributed by atoms with Gasteiger partial charge in [-0.15, -0.1) is 11.3 Å². The first kappa shape index (κ1) is 19.7. The monoisotopic (exact) mass is 446 g/mol. The Labute approximate surface area is 190 Å². The summed E-state index contributed by atoms with van der Waals surface area (Å²) in [4.78, 5) is 19.8. The molecule has 32 heavy (non-hydrogen) atoms. The molecule has 2 saturated heterocycles. The summed E-state index contributed by atoms with van der Waals surface area (Å²) in [5.74, 6) is 0.580. The highest BCUT2D eigenvalue weighted by molar-refractivity contribution is 7.14. The normalized spacial score (nSPS) is 19.0. The Morgan fingerprint density at radius 1 is 1.06 bits per heavy atom. The lowest BCUT2D eigenvalue weighted by molar-refractivity contribution is 0.160. The van der Waals surface area contributed by atoms with Gasteiger partial charge in [-0.1, -0.05) is 6.07 Å². The minimum atomic E-state index is 0.150. The van der Waals surface area contributed by atoms with Crippen molar-refractivity contribution in [3.05, 3.63) is 42.2 Å². The van der Waals surface area contributed by atoms with Crippen LogP contribution in [0.25, 0.3) is 33.4 Å². The molecule has 5 heterocycles. The molecule has 2 fully saturated rings. The molecular formula is C24H26N6OS. The third-order valence-corrected chi connectivity index (χ3v) is 7.18. The Balaban J connectivity index is 1.30. The Morgan fingerprint density at radius 3 is 2.88 bits per heavy atom. The molecule has 0 radical (unpaired) electrons. The molecular weight excluding hydrogens is 420 g/mol. The van der Waals surface area contributed by atoms with E-state index in [4.69, 9.17) is 14.7 Å². The molecule has 0 aliphatic carbocycles. The van der Waals surface area contributed by atoms with Crippen molar-refractivity contribution < 1.29 is 4.74 Å². The molecule has 0 bridgehead atoms. The van der Waals surface area contributed by atoms with Gasteiger partial charge in [0.05, 0.1) is 23.8 Å². The second-order valence-electron chi connectivity index (χ2n) is 8.50. The zero-order chi connectivity index (χ0) is 21.3. The maximum atomic E-state index is 6.09. The summed E-state index contributed by atoms with van der Waals surface area (Å²) in [6, 6.07) is 6.45. The van der Waals surface area contributed by atoms with Gasteiger partial charge in [0.2, 0.25) is 5.88 Å². The third kappa shape index (κ3) is 3.84. The summed E-state index contributed by atoms with van der Waals surface area (Å²) < 4.78 is 6.09. The van der Waals surface area contributed by atoms with E-state index < -0.39 is 0 Å². The summed E-state index contributed by atoms with van der Waals surface area (Å²) in [5, 5.41) is 7.78. The first-order valence-electron chi connectivity index (χ1n) is 11.4. The molecule has 0 saturated carbocycles. The minimum Gasteiger partial charge on any atom is -0.472 e. The SMILES string of the molecule is c1cc2[nH]cc(-c3cncc(O[C@@H]4CCCNC4)n3)c2cc1-c1csc(N2CCCC2)n1. The fourth-order valence-electron chi connectivity index (χ4n) is 4.57. The van der Waals surface area contributed by atoms with Crippen LogP contribution in [0.2, 0.25) is 0 Å². The Kier molecular flexibility index (Phi) is 5.24. The van der Waals surface area contributed by atoms with Crippen LogP contribution in [0.4, 0.5) is 5.13 Å². The third-order valence-electron chi connectivity index (χ3n) is 6.27. The van der Waals surface area contributed by atoms with Gasteiger partial charge < -0.3 is 19.9 Å². The van der Waals surface area contributed by atoms with Gasteiger partial charge in [-0.3, -0.25) is 4.98 Å². The van der Waals surface area contributed by atoms with E-state index >= 15 is 0 Å². The van der Waals surface area contributed by atoms with Crippen LogP contribution < -0.4 is 15.0 Å². The van der Waals surface area contributed by atoms with E-state index in [1.807, 2.05) is 6.20 Å². The maximum absolute atomic E-state index is 6.09. The number of hydrogen-bond acceptors (Lipinski definition) is 7. The number of H-pyrrole nitrogens is 1. The van der Waals surface area contributed by atoms with Crippen molar-refractivity contribution in [2.75, 3.05) is 31.1 Å². The van der Waals surface area contributed by atoms with Crippen molar-refractivity contribution in [1.82, 2.24) is 25.3 Å². The molecule has 1 aromatic carbocycles. The molecule has 2 aliphatic rings. The molecule has 2 N–H and O–H groups in total. The largest absolute Gasteiger partial charge is 0.472 e. The van der Waals surface area contributed by atoms with Gasteiger partial charge in [0.1, 0.15) is 6.10 Å². The van der Waals surface area contributed by atoms with Crippen LogP contribution in [0.5, 0.6) is 5.88 Å². The number of thiazole rings is 1. The van der Waals surface area contributed by atoms with Crippen molar-refractivity contribution >= 4 is 27.4 Å². The molecule has 0 spiro atoms. The van der Waals surface area contributed by atoms with Crippen LogP contribution >= 0.6 is 11.3 Å². The van der Waals surface area contributed by atoms with Crippen LogP contribution in [-0.4, -0.2) is 52.2 Å². The van der Waals surface area contributed by atoms with Crippen LogP contribution in [0, 0.1) is 0 Å². The highest BCUT2D eigenvalue weighted by atomic mass is 32.1. The molecule has 8 heteroatoms. The average Bonchev–Trinajstić information content (AvgIpc) is 3.60. The molecule has 164 valence electrons. The number of aromatic amines is 1. The first-order chi connectivity index (χ1) is 15.8. The van der Waals surface area contributed by atoms with Gasteiger partial charge >= 0.3 is 0 Å². The Morgan fingerprint density at radius 2 is 2.00 bits per heavy atom. The first-order valence-corrected chi connectivity index (χ1v) is 12.2. The van der Waals surface area contributed by atoms with Gasteiger partial charge in [0, 0.05) is 53.2 Å². The summed E-state index contributed by atoms with van der Waals surface area (Å²) >= 11 is 1.73. The summed E-state index contributed by atoms with van der Waals surface area (Å²) in [6.45, 7) is 4.14. The van der Waals surface area contributed by atoms with Gasteiger partial charge in [0.25, 0.3) is 0 Å². The molecule has 3 aromatic heterocycles. The smallest absolute Gasteiger partial charge is 0.233 e. The van der Waals surface area contributed by atoms with Crippen molar-refractivity contribution in [3.8, 4) is 28.4 Å². The van der Waals surface area contributed by atoms with Crippen molar-refractivity contribution in [3.63, 3.8) is 0 Å². The van der Waals surface area contributed by atoms with E-state index in [-0.39, 0.29) is 6.10 Å². The maximum Gasteiger partial charge on any atom is 0.233 e. The standard InChI is InChI=1S/C24H26N6OS/c1-2-9-30(8-1)24-29-22(15-32-24)16-5-6-20-18(10-16)19(12-27-20)21-13-26-14-23(28-21)31-17-4-3-7-25-11-17/h5-6,10,12-15,17,25,27H,1-4,7-9,11H2/t17-/m1/s1. The molecule has 2 aliphatic heterocycles. The number of fused-ring (bicyclic) bond motifs is 1. The number of anilines is 1. The highest BCUT2D eigenvalue weighted by Crippen LogP contribution is 2.34. The van der Waals surface area contributed by atoms with E-state index in [2.05, 4.69) is 43.8 Å². The van der Waals surface area contributed by atoms with E-state index in [0.29, 0.717) is 5.88 Å². The number of piperidine rings is 1. The summed E-state index contributed by atoms with van der Waals surface area (Å²) in [5.41, 5.74) is 5.05. The van der Waals surface area contributed by atoms with Crippen LogP contribution in [0.3, 0.4) is 0 Å². The lowest BCUT2D eigenvalue weighted by Crippen LogP contribution is -2.37. The topological polar surface area (TPSA) is 79.0 Å². The summed E-state index contributed by atoms with van der Waals surface area (Å²) in [7, 11) is 0. The predicted molar refractivity (Wildman–Crippen MR) is 128 cm³/mol. The van der Waals surface area contributed by atoms with E-state index in [0.717, 1.165) is 77.6 Å². The second kappa shape index (κ2) is 8.52. The number of nitrogens with zero attached hydrogens (tertiary/aromatic N) is 4. The number of benzene rings is 1. The Hall–Kier alpha value is -2.97. The van der Waals surface area contributed by atoms with Gasteiger partial charge in [-0.05, 0) is 44.4 Å². The zero-order valence-corrected chi connectivity index (χ0v) is 18.7. The minimum absolute atomic E-state index is 0.150. The number of rotatable bonds is 5. The molecule has 4 aromatic rings. The van der Waals surface area contributed by atoms with Gasteiger partial charge in [-0.2, -0.15) is 0 Å². The van der Waals surface area contributed by atoms with Crippen LogP contribution in [0.1, 0.15) is 25.7 Å².